The number of sulfonamides is 1. The highest BCUT2D eigenvalue weighted by Gasteiger charge is 2.25. The number of carbonyl (C=O) groups excluding carboxylic acids is 1. The van der Waals surface area contributed by atoms with E-state index in [1.54, 1.807) is 0 Å². The molecule has 0 saturated heterocycles. The average molecular weight is 419 g/mol. The van der Waals surface area contributed by atoms with Gasteiger partial charge in [0.05, 0.1) is 11.4 Å². The molecule has 1 aliphatic rings. The highest BCUT2D eigenvalue weighted by Crippen LogP contribution is 2.36. The van der Waals surface area contributed by atoms with Crippen molar-refractivity contribution in [1.82, 2.24) is 0 Å². The predicted octanol–water partition coefficient (Wildman–Crippen LogP) is 2.86. The van der Waals surface area contributed by atoms with Crippen LogP contribution in [0.4, 0.5) is 20.2 Å². The Labute approximate surface area is 144 Å². The van der Waals surface area contributed by atoms with E-state index in [1.165, 1.54) is 12.1 Å². The zero-order valence-electron chi connectivity index (χ0n) is 11.8. The Balaban J connectivity index is 1.99. The van der Waals surface area contributed by atoms with Crippen molar-refractivity contribution in [3.8, 4) is 5.75 Å². The topological polar surface area (TPSA) is 84.5 Å². The van der Waals surface area contributed by atoms with E-state index in [0.717, 1.165) is 12.1 Å². The molecule has 2 aromatic rings. The first-order chi connectivity index (χ1) is 11.3. The molecular weight excluding hydrogens is 410 g/mol. The molecule has 2 aromatic carbocycles. The fraction of sp³-hybridized carbons (Fsp3) is 0.0714. The number of halogens is 3. The number of benzene rings is 2. The van der Waals surface area contributed by atoms with Crippen molar-refractivity contribution < 1.29 is 26.7 Å². The molecule has 0 fully saturated rings. The van der Waals surface area contributed by atoms with Gasteiger partial charge in [0.2, 0.25) is 0 Å². The van der Waals surface area contributed by atoms with Crippen LogP contribution in [0.25, 0.3) is 0 Å². The van der Waals surface area contributed by atoms with Crippen LogP contribution < -0.4 is 14.8 Å². The van der Waals surface area contributed by atoms with E-state index in [2.05, 4.69) is 21.2 Å². The van der Waals surface area contributed by atoms with Gasteiger partial charge in [-0.3, -0.25) is 9.52 Å². The molecule has 24 heavy (non-hydrogen) atoms. The number of carbonyl (C=O) groups is 1. The Bertz CT molecular complexity index is 950. The highest BCUT2D eigenvalue weighted by atomic mass is 79.9. The standard InChI is InChI=1S/C14H9BrF2N2O4S/c15-8-4-11-12(23-6-14(20)18-11)5-13(8)24(21,22)19-10-2-1-7(16)3-9(10)17/h1-5,19H,6H2,(H,18,20). The van der Waals surface area contributed by atoms with Crippen molar-refractivity contribution in [2.45, 2.75) is 4.90 Å². The molecule has 0 saturated carbocycles. The van der Waals surface area contributed by atoms with Gasteiger partial charge >= 0.3 is 0 Å². The quantitative estimate of drug-likeness (QED) is 0.802. The predicted molar refractivity (Wildman–Crippen MR) is 85.4 cm³/mol. The zero-order valence-corrected chi connectivity index (χ0v) is 14.2. The monoisotopic (exact) mass is 418 g/mol. The first kappa shape index (κ1) is 16.7. The number of hydrogen-bond donors (Lipinski definition) is 2. The van der Waals surface area contributed by atoms with Gasteiger partial charge in [0.1, 0.15) is 22.3 Å². The SMILES string of the molecule is O=C1COc2cc(S(=O)(=O)Nc3ccc(F)cc3F)c(Br)cc2N1. The fourth-order valence-corrected chi connectivity index (χ4v) is 4.18. The minimum Gasteiger partial charge on any atom is -0.482 e. The van der Waals surface area contributed by atoms with Gasteiger partial charge in [0, 0.05) is 16.6 Å². The lowest BCUT2D eigenvalue weighted by Crippen LogP contribution is -2.26. The maximum Gasteiger partial charge on any atom is 0.263 e. The van der Waals surface area contributed by atoms with E-state index < -0.39 is 27.3 Å². The van der Waals surface area contributed by atoms with Crippen molar-refractivity contribution in [1.29, 1.82) is 0 Å². The van der Waals surface area contributed by atoms with Crippen molar-refractivity contribution in [3.63, 3.8) is 0 Å². The van der Waals surface area contributed by atoms with Crippen LogP contribution in [-0.4, -0.2) is 20.9 Å². The smallest absolute Gasteiger partial charge is 0.263 e. The van der Waals surface area contributed by atoms with Crippen molar-refractivity contribution in [3.05, 3.63) is 46.4 Å². The number of hydrogen-bond acceptors (Lipinski definition) is 4. The summed E-state index contributed by atoms with van der Waals surface area (Å²) in [5.74, 6) is -2.07. The summed E-state index contributed by atoms with van der Waals surface area (Å²) < 4.78 is 58.9. The number of nitrogens with one attached hydrogen (secondary N) is 2. The van der Waals surface area contributed by atoms with Crippen LogP contribution in [-0.2, 0) is 14.8 Å². The van der Waals surface area contributed by atoms with Crippen molar-refractivity contribution in [2.24, 2.45) is 0 Å². The number of amides is 1. The lowest BCUT2D eigenvalue weighted by molar-refractivity contribution is -0.118. The Morgan fingerprint density at radius 2 is 1.96 bits per heavy atom. The third-order valence-electron chi connectivity index (χ3n) is 3.13. The van der Waals surface area contributed by atoms with E-state index in [-0.39, 0.29) is 27.6 Å². The molecule has 2 N–H and O–H groups in total. The summed E-state index contributed by atoms with van der Waals surface area (Å²) in [7, 11) is -4.18. The summed E-state index contributed by atoms with van der Waals surface area (Å²) in [5.41, 5.74) is -0.0831. The second-order valence-electron chi connectivity index (χ2n) is 4.85. The molecule has 1 heterocycles. The maximum atomic E-state index is 13.7. The first-order valence-electron chi connectivity index (χ1n) is 6.50. The molecular formula is C14H9BrF2N2O4S. The molecule has 10 heteroatoms. The van der Waals surface area contributed by atoms with Gasteiger partial charge in [0.15, 0.2) is 6.61 Å². The molecule has 0 aromatic heterocycles. The molecule has 6 nitrogen and oxygen atoms in total. The lowest BCUT2D eigenvalue weighted by Gasteiger charge is -2.20. The first-order valence-corrected chi connectivity index (χ1v) is 8.78. The normalized spacial score (nSPS) is 13.7. The molecule has 1 amide bonds. The van der Waals surface area contributed by atoms with Crippen LogP contribution in [0.5, 0.6) is 5.75 Å². The minimum atomic E-state index is -4.18. The van der Waals surface area contributed by atoms with Crippen LogP contribution in [0.1, 0.15) is 0 Å². The van der Waals surface area contributed by atoms with Crippen LogP contribution >= 0.6 is 15.9 Å². The average Bonchev–Trinajstić information content (AvgIpc) is 2.49. The van der Waals surface area contributed by atoms with E-state index in [1.807, 2.05) is 4.72 Å². The Hall–Kier alpha value is -2.20. The Morgan fingerprint density at radius 3 is 2.67 bits per heavy atom. The summed E-state index contributed by atoms with van der Waals surface area (Å²) in [6, 6.07) is 5.04. The summed E-state index contributed by atoms with van der Waals surface area (Å²) in [4.78, 5) is 11.0. The van der Waals surface area contributed by atoms with Crippen molar-refractivity contribution >= 4 is 43.2 Å². The third kappa shape index (κ3) is 3.20. The molecule has 1 aliphatic heterocycles. The van der Waals surface area contributed by atoms with E-state index in [0.29, 0.717) is 11.8 Å². The number of ether oxygens (including phenoxy) is 1. The molecule has 0 aliphatic carbocycles. The van der Waals surface area contributed by atoms with E-state index in [4.69, 9.17) is 4.74 Å². The number of fused-ring (bicyclic) bond motifs is 1. The zero-order chi connectivity index (χ0) is 17.5. The van der Waals surface area contributed by atoms with Gasteiger partial charge in [-0.1, -0.05) is 0 Å². The van der Waals surface area contributed by atoms with E-state index >= 15 is 0 Å². The maximum absolute atomic E-state index is 13.7. The molecule has 0 atom stereocenters. The van der Waals surface area contributed by atoms with Gasteiger partial charge in [-0.25, -0.2) is 17.2 Å². The van der Waals surface area contributed by atoms with Crippen LogP contribution in [0.2, 0.25) is 0 Å². The molecule has 0 bridgehead atoms. The van der Waals surface area contributed by atoms with E-state index in [9.17, 15) is 22.0 Å². The number of rotatable bonds is 3. The molecule has 0 unspecified atom stereocenters. The molecule has 126 valence electrons. The van der Waals surface area contributed by atoms with Gasteiger partial charge in [-0.15, -0.1) is 0 Å². The highest BCUT2D eigenvalue weighted by molar-refractivity contribution is 9.10. The van der Waals surface area contributed by atoms with Gasteiger partial charge in [0.25, 0.3) is 15.9 Å². The van der Waals surface area contributed by atoms with Crippen LogP contribution in [0.3, 0.4) is 0 Å². The van der Waals surface area contributed by atoms with Crippen LogP contribution in [0, 0.1) is 11.6 Å². The van der Waals surface area contributed by atoms with Gasteiger partial charge in [-0.2, -0.15) is 0 Å². The minimum absolute atomic E-state index is 0.141. The fourth-order valence-electron chi connectivity index (χ4n) is 2.06. The molecule has 0 radical (unpaired) electrons. The van der Waals surface area contributed by atoms with Gasteiger partial charge < -0.3 is 10.1 Å². The molecule has 3 rings (SSSR count). The number of anilines is 2. The van der Waals surface area contributed by atoms with Crippen molar-refractivity contribution in [2.75, 3.05) is 16.6 Å². The van der Waals surface area contributed by atoms with Gasteiger partial charge in [-0.05, 0) is 34.1 Å². The summed E-state index contributed by atoms with van der Waals surface area (Å²) in [6.45, 7) is -0.242. The summed E-state index contributed by atoms with van der Waals surface area (Å²) >= 11 is 3.09. The summed E-state index contributed by atoms with van der Waals surface area (Å²) in [5, 5.41) is 2.53. The second kappa shape index (κ2) is 6.02. The Morgan fingerprint density at radius 1 is 1.21 bits per heavy atom. The lowest BCUT2D eigenvalue weighted by atomic mass is 10.2. The largest absolute Gasteiger partial charge is 0.482 e. The van der Waals surface area contributed by atoms with Crippen LogP contribution in [0.15, 0.2) is 39.7 Å². The molecule has 0 spiro atoms. The Kier molecular flexibility index (Phi) is 4.18. The third-order valence-corrected chi connectivity index (χ3v) is 5.46. The summed E-state index contributed by atoms with van der Waals surface area (Å²) in [6.07, 6.45) is 0. The second-order valence-corrected chi connectivity index (χ2v) is 7.35.